The normalized spacial score (nSPS) is 15.7. The molecule has 0 aromatic heterocycles. The molecular weight excluding hydrogens is 547 g/mol. The Morgan fingerprint density at radius 2 is 1.77 bits per heavy atom. The maximum absolute atomic E-state index is 13.5. The van der Waals surface area contributed by atoms with Crippen LogP contribution in [0.3, 0.4) is 0 Å². The van der Waals surface area contributed by atoms with Crippen molar-refractivity contribution in [1.29, 1.82) is 5.26 Å². The van der Waals surface area contributed by atoms with Crippen LogP contribution in [0.4, 0.5) is 0 Å². The highest BCUT2D eigenvalue weighted by molar-refractivity contribution is 6.42. The van der Waals surface area contributed by atoms with E-state index < -0.39 is 6.04 Å². The van der Waals surface area contributed by atoms with Gasteiger partial charge in [-0.1, -0.05) is 76.9 Å². The van der Waals surface area contributed by atoms with Crippen LogP contribution < -0.4 is 5.32 Å². The average molecular weight is 571 g/mol. The maximum Gasteiger partial charge on any atom is 0.254 e. The molecule has 2 amide bonds. The molecule has 1 fully saturated rings. The second kappa shape index (κ2) is 12.2. The van der Waals surface area contributed by atoms with Gasteiger partial charge >= 0.3 is 0 Å². The number of carbonyl (C=O) groups is 2. The third-order valence-corrected chi connectivity index (χ3v) is 7.46. The first-order valence-corrected chi connectivity index (χ1v) is 13.4. The van der Waals surface area contributed by atoms with Crippen LogP contribution >= 0.6 is 23.2 Å². The van der Waals surface area contributed by atoms with E-state index in [1.165, 1.54) is 4.90 Å². The van der Waals surface area contributed by atoms with Gasteiger partial charge in [0.05, 0.1) is 33.9 Å². The second-order valence-corrected chi connectivity index (χ2v) is 10.2. The zero-order valence-corrected chi connectivity index (χ0v) is 22.8. The number of likely N-dealkylation sites (tertiary alicyclic amines) is 1. The molecule has 0 spiro atoms. The molecule has 4 aromatic carbocycles. The first-order valence-electron chi connectivity index (χ1n) is 12.6. The summed E-state index contributed by atoms with van der Waals surface area (Å²) in [4.78, 5) is 33.9. The number of amides is 2. The molecule has 1 saturated heterocycles. The SMILES string of the molecule is N#Cc1ccc(C(=O)N2CC(=NOCc3ccc(Cl)c(Cl)c3)C[C@H]2C(=O)NCc2cccc3ccccc23)cc1. The number of nitrogens with zero attached hydrogens (tertiary/aromatic N) is 3. The summed E-state index contributed by atoms with van der Waals surface area (Å²) in [6, 6.07) is 26.7. The van der Waals surface area contributed by atoms with Crippen LogP contribution in [-0.4, -0.2) is 35.0 Å². The maximum atomic E-state index is 13.5. The van der Waals surface area contributed by atoms with Crippen LogP contribution in [0.1, 0.15) is 33.5 Å². The zero-order chi connectivity index (χ0) is 28.1. The number of nitriles is 1. The van der Waals surface area contributed by atoms with Crippen molar-refractivity contribution < 1.29 is 14.4 Å². The second-order valence-electron chi connectivity index (χ2n) is 9.38. The Labute approximate surface area is 241 Å². The lowest BCUT2D eigenvalue weighted by molar-refractivity contribution is -0.124. The van der Waals surface area contributed by atoms with Crippen molar-refractivity contribution in [3.05, 3.63) is 117 Å². The first kappa shape index (κ1) is 27.2. The summed E-state index contributed by atoms with van der Waals surface area (Å²) in [5.41, 5.74) is 3.15. The summed E-state index contributed by atoms with van der Waals surface area (Å²) >= 11 is 12.1. The largest absolute Gasteiger partial charge is 0.391 e. The van der Waals surface area contributed by atoms with Crippen LogP contribution in [0.15, 0.2) is 90.1 Å². The Morgan fingerprint density at radius 1 is 1.00 bits per heavy atom. The van der Waals surface area contributed by atoms with Crippen LogP contribution in [-0.2, 0) is 22.8 Å². The molecule has 1 aliphatic heterocycles. The van der Waals surface area contributed by atoms with Gasteiger partial charge in [-0.25, -0.2) is 0 Å². The lowest BCUT2D eigenvalue weighted by atomic mass is 10.0. The van der Waals surface area contributed by atoms with Gasteiger partial charge in [-0.15, -0.1) is 0 Å². The third-order valence-electron chi connectivity index (χ3n) is 6.72. The molecule has 1 aliphatic rings. The lowest BCUT2D eigenvalue weighted by Gasteiger charge is -2.23. The molecule has 4 aromatic rings. The van der Waals surface area contributed by atoms with Crippen molar-refractivity contribution in [2.24, 2.45) is 5.16 Å². The summed E-state index contributed by atoms with van der Waals surface area (Å²) in [6.45, 7) is 0.602. The van der Waals surface area contributed by atoms with Crippen molar-refractivity contribution in [2.45, 2.75) is 25.6 Å². The van der Waals surface area contributed by atoms with Crippen molar-refractivity contribution in [3.8, 4) is 6.07 Å². The van der Waals surface area contributed by atoms with E-state index in [0.717, 1.165) is 21.9 Å². The fourth-order valence-corrected chi connectivity index (χ4v) is 4.97. The highest BCUT2D eigenvalue weighted by Gasteiger charge is 2.38. The summed E-state index contributed by atoms with van der Waals surface area (Å²) in [5.74, 6) is -0.617. The molecule has 0 unspecified atom stereocenters. The van der Waals surface area contributed by atoms with Gasteiger partial charge in [-0.2, -0.15) is 5.26 Å². The number of hydrogen-bond acceptors (Lipinski definition) is 5. The van der Waals surface area contributed by atoms with E-state index in [1.54, 1.807) is 42.5 Å². The molecule has 1 atom stereocenters. The van der Waals surface area contributed by atoms with E-state index >= 15 is 0 Å². The standard InChI is InChI=1S/C31H24Cl2N4O3/c32-27-13-10-21(14-28(27)33)19-40-36-25-15-29(37(18-25)31(39)23-11-8-20(16-34)9-12-23)30(38)35-17-24-6-3-5-22-4-1-2-7-26(22)24/h1-14,29H,15,17-19H2,(H,35,38)/t29-/m0/s1. The Morgan fingerprint density at radius 3 is 2.55 bits per heavy atom. The predicted octanol–water partition coefficient (Wildman–Crippen LogP) is 6.12. The molecule has 0 bridgehead atoms. The van der Waals surface area contributed by atoms with E-state index in [1.807, 2.05) is 48.5 Å². The minimum Gasteiger partial charge on any atom is -0.391 e. The van der Waals surface area contributed by atoms with Gasteiger partial charge in [0.15, 0.2) is 0 Å². The Balaban J connectivity index is 1.33. The van der Waals surface area contributed by atoms with Gasteiger partial charge in [0, 0.05) is 18.5 Å². The highest BCUT2D eigenvalue weighted by Crippen LogP contribution is 2.24. The monoisotopic (exact) mass is 570 g/mol. The third kappa shape index (κ3) is 6.09. The Hall–Kier alpha value is -4.38. The van der Waals surface area contributed by atoms with Gasteiger partial charge < -0.3 is 15.1 Å². The molecule has 5 rings (SSSR count). The summed E-state index contributed by atoms with van der Waals surface area (Å²) in [5, 5.41) is 19.3. The van der Waals surface area contributed by atoms with Gasteiger partial charge in [0.1, 0.15) is 12.6 Å². The molecule has 1 heterocycles. The van der Waals surface area contributed by atoms with E-state index in [2.05, 4.69) is 10.5 Å². The number of halogens is 2. The van der Waals surface area contributed by atoms with Gasteiger partial charge in [0.25, 0.3) is 5.91 Å². The topological polar surface area (TPSA) is 94.8 Å². The smallest absolute Gasteiger partial charge is 0.254 e. The molecule has 0 radical (unpaired) electrons. The van der Waals surface area contributed by atoms with Crippen LogP contribution in [0.25, 0.3) is 10.8 Å². The summed E-state index contributed by atoms with van der Waals surface area (Å²) in [7, 11) is 0. The molecule has 40 heavy (non-hydrogen) atoms. The predicted molar refractivity (Wildman–Crippen MR) is 155 cm³/mol. The highest BCUT2D eigenvalue weighted by atomic mass is 35.5. The molecule has 0 saturated carbocycles. The number of fused-ring (bicyclic) bond motifs is 1. The molecule has 7 nitrogen and oxygen atoms in total. The number of oxime groups is 1. The molecular formula is C31H24Cl2N4O3. The number of rotatable bonds is 7. The number of carbonyl (C=O) groups excluding carboxylic acids is 2. The zero-order valence-electron chi connectivity index (χ0n) is 21.3. The van der Waals surface area contributed by atoms with Crippen LogP contribution in [0.2, 0.25) is 10.0 Å². The van der Waals surface area contributed by atoms with Crippen molar-refractivity contribution >= 4 is 51.5 Å². The van der Waals surface area contributed by atoms with E-state index in [4.69, 9.17) is 33.3 Å². The van der Waals surface area contributed by atoms with Crippen molar-refractivity contribution in [1.82, 2.24) is 10.2 Å². The minimum atomic E-state index is -0.773. The Bertz CT molecular complexity index is 1640. The van der Waals surface area contributed by atoms with Crippen LogP contribution in [0.5, 0.6) is 0 Å². The summed E-state index contributed by atoms with van der Waals surface area (Å²) in [6.07, 6.45) is 0.227. The fraction of sp³-hybridized carbons (Fsp3) is 0.161. The molecule has 1 N–H and O–H groups in total. The summed E-state index contributed by atoms with van der Waals surface area (Å²) < 4.78 is 0. The lowest BCUT2D eigenvalue weighted by Crippen LogP contribution is -2.45. The van der Waals surface area contributed by atoms with Crippen molar-refractivity contribution in [2.75, 3.05) is 6.54 Å². The minimum absolute atomic E-state index is 0.132. The quantitative estimate of drug-likeness (QED) is 0.271. The van der Waals surface area contributed by atoms with Crippen molar-refractivity contribution in [3.63, 3.8) is 0 Å². The fourth-order valence-electron chi connectivity index (χ4n) is 4.65. The van der Waals surface area contributed by atoms with E-state index in [9.17, 15) is 9.59 Å². The number of benzene rings is 4. The molecule has 0 aliphatic carbocycles. The van der Waals surface area contributed by atoms with Gasteiger partial charge in [0.2, 0.25) is 5.91 Å². The Kier molecular flexibility index (Phi) is 8.30. The van der Waals surface area contributed by atoms with E-state index in [0.29, 0.717) is 33.4 Å². The van der Waals surface area contributed by atoms with Crippen LogP contribution in [0, 0.1) is 11.3 Å². The van der Waals surface area contributed by atoms with Gasteiger partial charge in [-0.3, -0.25) is 9.59 Å². The van der Waals surface area contributed by atoms with Gasteiger partial charge in [-0.05, 0) is 58.3 Å². The number of hydrogen-bond donors (Lipinski definition) is 1. The van der Waals surface area contributed by atoms with E-state index in [-0.39, 0.29) is 31.4 Å². The first-order chi connectivity index (χ1) is 19.4. The molecule has 200 valence electrons. The average Bonchev–Trinajstić information content (AvgIpc) is 3.41. The number of nitrogens with one attached hydrogen (secondary N) is 1. The molecule has 9 heteroatoms.